The molecule has 1 aromatic carbocycles. The molecule has 0 saturated carbocycles. The molecule has 0 radical (unpaired) electrons. The molecule has 0 aliphatic rings. The molecule has 21 heavy (non-hydrogen) atoms. The number of nitrogens with two attached hydrogens (primary N) is 1. The van der Waals surface area contributed by atoms with Crippen molar-refractivity contribution in [3.63, 3.8) is 0 Å². The number of nitrogens with zero attached hydrogens (tertiary/aromatic N) is 2. The van der Waals surface area contributed by atoms with Crippen LogP contribution >= 0.6 is 22.9 Å². The molecule has 0 fully saturated rings. The van der Waals surface area contributed by atoms with Crippen LogP contribution in [0.25, 0.3) is 10.2 Å². The number of hydrogen-bond acceptors (Lipinski definition) is 5. The Morgan fingerprint density at radius 1 is 1.33 bits per heavy atom. The Balaban J connectivity index is 1.84. The smallest absolute Gasteiger partial charge is 0.255 e. The summed E-state index contributed by atoms with van der Waals surface area (Å²) in [6, 6.07) is 8.79. The topological polar surface area (TPSA) is 80.9 Å². The van der Waals surface area contributed by atoms with E-state index >= 15 is 0 Å². The number of pyridine rings is 1. The summed E-state index contributed by atoms with van der Waals surface area (Å²) in [5.74, 6) is -0.206. The number of amides is 1. The minimum Gasteiger partial charge on any atom is -0.325 e. The van der Waals surface area contributed by atoms with Crippen LogP contribution in [0.2, 0.25) is 4.47 Å². The van der Waals surface area contributed by atoms with Gasteiger partial charge >= 0.3 is 0 Å². The van der Waals surface area contributed by atoms with Crippen LogP contribution in [0.1, 0.15) is 16.1 Å². The first-order chi connectivity index (χ1) is 10.2. The number of anilines is 1. The van der Waals surface area contributed by atoms with E-state index in [1.165, 1.54) is 11.3 Å². The summed E-state index contributed by atoms with van der Waals surface area (Å²) in [4.78, 5) is 20.4. The number of aromatic nitrogens is 2. The van der Waals surface area contributed by atoms with Crippen LogP contribution < -0.4 is 11.1 Å². The van der Waals surface area contributed by atoms with Gasteiger partial charge in [-0.15, -0.1) is 11.3 Å². The molecule has 0 bridgehead atoms. The lowest BCUT2D eigenvalue weighted by Gasteiger charge is -2.06. The molecular weight excluding hydrogens is 308 g/mol. The second-order valence-corrected chi connectivity index (χ2v) is 5.96. The van der Waals surface area contributed by atoms with Crippen LogP contribution in [0.15, 0.2) is 36.5 Å². The van der Waals surface area contributed by atoms with E-state index in [2.05, 4.69) is 15.3 Å². The first kappa shape index (κ1) is 13.9. The largest absolute Gasteiger partial charge is 0.325 e. The van der Waals surface area contributed by atoms with E-state index in [1.807, 2.05) is 12.1 Å². The first-order valence-corrected chi connectivity index (χ1v) is 7.37. The molecule has 2 heterocycles. The summed E-state index contributed by atoms with van der Waals surface area (Å²) < 4.78 is 1.41. The van der Waals surface area contributed by atoms with Gasteiger partial charge < -0.3 is 11.1 Å². The number of fused-ring (bicyclic) bond motifs is 1. The van der Waals surface area contributed by atoms with Crippen molar-refractivity contribution in [1.82, 2.24) is 9.97 Å². The minimum absolute atomic E-state index is 0.206. The molecule has 1 amide bonds. The van der Waals surface area contributed by atoms with Crippen molar-refractivity contribution in [2.24, 2.45) is 5.73 Å². The van der Waals surface area contributed by atoms with Crippen molar-refractivity contribution in [3.8, 4) is 0 Å². The van der Waals surface area contributed by atoms with Gasteiger partial charge in [-0.3, -0.25) is 9.78 Å². The highest BCUT2D eigenvalue weighted by molar-refractivity contribution is 7.22. The Hall–Kier alpha value is -2.02. The summed E-state index contributed by atoms with van der Waals surface area (Å²) in [6.45, 7) is 0.298. The monoisotopic (exact) mass is 318 g/mol. The SMILES string of the molecule is NCc1cc(C(=O)Nc2ccc3nc(Cl)sc3c2)ccn1. The molecule has 0 unspecified atom stereocenters. The van der Waals surface area contributed by atoms with Crippen LogP contribution in [0.4, 0.5) is 5.69 Å². The van der Waals surface area contributed by atoms with Gasteiger partial charge in [0.15, 0.2) is 4.47 Å². The summed E-state index contributed by atoms with van der Waals surface area (Å²) in [5.41, 5.74) is 8.23. The average molecular weight is 319 g/mol. The highest BCUT2D eigenvalue weighted by Gasteiger charge is 2.09. The van der Waals surface area contributed by atoms with E-state index in [-0.39, 0.29) is 5.91 Å². The Kier molecular flexibility index (Phi) is 3.83. The van der Waals surface area contributed by atoms with Gasteiger partial charge in [-0.05, 0) is 30.3 Å². The molecule has 106 valence electrons. The van der Waals surface area contributed by atoms with E-state index < -0.39 is 0 Å². The Morgan fingerprint density at radius 2 is 2.19 bits per heavy atom. The van der Waals surface area contributed by atoms with Crippen LogP contribution in [-0.4, -0.2) is 15.9 Å². The lowest BCUT2D eigenvalue weighted by molar-refractivity contribution is 0.102. The highest BCUT2D eigenvalue weighted by atomic mass is 35.5. The van der Waals surface area contributed by atoms with Gasteiger partial charge in [0.1, 0.15) is 0 Å². The maximum Gasteiger partial charge on any atom is 0.255 e. The van der Waals surface area contributed by atoms with E-state index in [9.17, 15) is 4.79 Å². The van der Waals surface area contributed by atoms with Crippen molar-refractivity contribution in [2.75, 3.05) is 5.32 Å². The van der Waals surface area contributed by atoms with Crippen LogP contribution in [0.3, 0.4) is 0 Å². The number of carbonyl (C=O) groups is 1. The summed E-state index contributed by atoms with van der Waals surface area (Å²) in [5, 5.41) is 2.84. The first-order valence-electron chi connectivity index (χ1n) is 6.18. The Bertz CT molecular complexity index is 818. The molecule has 2 aromatic heterocycles. The van der Waals surface area contributed by atoms with Gasteiger partial charge in [-0.2, -0.15) is 0 Å². The second-order valence-electron chi connectivity index (χ2n) is 4.34. The lowest BCUT2D eigenvalue weighted by Crippen LogP contribution is -2.13. The second kappa shape index (κ2) is 5.77. The van der Waals surface area contributed by atoms with Gasteiger partial charge in [0.05, 0.1) is 15.9 Å². The fourth-order valence-corrected chi connectivity index (χ4v) is 2.98. The van der Waals surface area contributed by atoms with Crippen molar-refractivity contribution >= 4 is 44.7 Å². The van der Waals surface area contributed by atoms with E-state index in [4.69, 9.17) is 17.3 Å². The number of nitrogens with one attached hydrogen (secondary N) is 1. The highest BCUT2D eigenvalue weighted by Crippen LogP contribution is 2.28. The van der Waals surface area contributed by atoms with E-state index in [0.29, 0.717) is 28.0 Å². The lowest BCUT2D eigenvalue weighted by atomic mass is 10.2. The average Bonchev–Trinajstić information content (AvgIpc) is 2.86. The molecule has 0 aliphatic carbocycles. The minimum atomic E-state index is -0.206. The standard InChI is InChI=1S/C14H11ClN4OS/c15-14-19-11-2-1-9(6-12(11)21-14)18-13(20)8-3-4-17-10(5-8)7-16/h1-6H,7,16H2,(H,18,20). The van der Waals surface area contributed by atoms with Gasteiger partial charge in [-0.1, -0.05) is 11.6 Å². The predicted octanol–water partition coefficient (Wildman–Crippen LogP) is 3.06. The molecule has 3 aromatic rings. The van der Waals surface area contributed by atoms with E-state index in [1.54, 1.807) is 24.4 Å². The molecule has 0 saturated heterocycles. The van der Waals surface area contributed by atoms with Crippen LogP contribution in [-0.2, 0) is 6.54 Å². The number of benzene rings is 1. The molecule has 3 rings (SSSR count). The van der Waals surface area contributed by atoms with Crippen LogP contribution in [0, 0.1) is 0 Å². The molecule has 3 N–H and O–H groups in total. The van der Waals surface area contributed by atoms with Crippen molar-refractivity contribution in [1.29, 1.82) is 0 Å². The Morgan fingerprint density at radius 3 is 3.00 bits per heavy atom. The third-order valence-corrected chi connectivity index (χ3v) is 4.03. The maximum absolute atomic E-state index is 12.2. The zero-order valence-electron chi connectivity index (χ0n) is 10.8. The quantitative estimate of drug-likeness (QED) is 0.777. The number of rotatable bonds is 3. The number of hydrogen-bond donors (Lipinski definition) is 2. The number of thiazole rings is 1. The normalized spacial score (nSPS) is 10.8. The van der Waals surface area contributed by atoms with Crippen molar-refractivity contribution in [2.45, 2.75) is 6.54 Å². The maximum atomic E-state index is 12.2. The van der Waals surface area contributed by atoms with Gasteiger partial charge in [0, 0.05) is 24.0 Å². The third-order valence-electron chi connectivity index (χ3n) is 2.91. The van der Waals surface area contributed by atoms with Gasteiger partial charge in [0.2, 0.25) is 0 Å². The molecule has 0 atom stereocenters. The molecule has 0 spiro atoms. The van der Waals surface area contributed by atoms with Gasteiger partial charge in [0.25, 0.3) is 5.91 Å². The predicted molar refractivity (Wildman–Crippen MR) is 84.7 cm³/mol. The zero-order valence-corrected chi connectivity index (χ0v) is 12.4. The third kappa shape index (κ3) is 3.02. The molecule has 5 nitrogen and oxygen atoms in total. The molecule has 7 heteroatoms. The number of carbonyl (C=O) groups excluding carboxylic acids is 1. The van der Waals surface area contributed by atoms with Crippen molar-refractivity contribution in [3.05, 3.63) is 52.3 Å². The number of halogens is 1. The summed E-state index contributed by atoms with van der Waals surface area (Å²) >= 11 is 7.24. The molecular formula is C14H11ClN4OS. The van der Waals surface area contributed by atoms with Crippen LogP contribution in [0.5, 0.6) is 0 Å². The fraction of sp³-hybridized carbons (Fsp3) is 0.0714. The zero-order chi connectivity index (χ0) is 14.8. The summed E-state index contributed by atoms with van der Waals surface area (Å²) in [6.07, 6.45) is 1.57. The summed E-state index contributed by atoms with van der Waals surface area (Å²) in [7, 11) is 0. The van der Waals surface area contributed by atoms with Gasteiger partial charge in [-0.25, -0.2) is 4.98 Å². The molecule has 0 aliphatic heterocycles. The van der Waals surface area contributed by atoms with E-state index in [0.717, 1.165) is 10.2 Å². The Labute approximate surface area is 129 Å². The van der Waals surface area contributed by atoms with Crippen molar-refractivity contribution < 1.29 is 4.79 Å². The fourth-order valence-electron chi connectivity index (χ4n) is 1.91.